The molecule has 8 heteroatoms. The number of benzene rings is 3. The molecule has 0 aliphatic rings. The van der Waals surface area contributed by atoms with Gasteiger partial charge in [-0.05, 0) is 49.7 Å². The zero-order chi connectivity index (χ0) is 21.9. The largest absolute Gasteiger partial charge is 0.323 e. The molecule has 1 N–H and O–H groups in total. The van der Waals surface area contributed by atoms with Crippen molar-refractivity contribution in [1.82, 2.24) is 0 Å². The molecule has 5 nitrogen and oxygen atoms in total. The van der Waals surface area contributed by atoms with Crippen LogP contribution < -0.4 is 9.62 Å². The molecule has 0 spiro atoms. The van der Waals surface area contributed by atoms with Gasteiger partial charge in [0.15, 0.2) is 0 Å². The number of rotatable bonds is 6. The van der Waals surface area contributed by atoms with Crippen molar-refractivity contribution >= 4 is 50.5 Å². The highest BCUT2D eigenvalue weighted by molar-refractivity contribution is 7.92. The third-order valence-corrected chi connectivity index (χ3v) is 7.10. The highest BCUT2D eigenvalue weighted by Gasteiger charge is 2.28. The van der Waals surface area contributed by atoms with Gasteiger partial charge in [-0.1, -0.05) is 65.2 Å². The monoisotopic (exact) mass is 462 g/mol. The van der Waals surface area contributed by atoms with Crippen molar-refractivity contribution in [3.8, 4) is 0 Å². The summed E-state index contributed by atoms with van der Waals surface area (Å²) < 4.78 is 27.9. The summed E-state index contributed by atoms with van der Waals surface area (Å²) in [5.41, 5.74) is 2.39. The van der Waals surface area contributed by atoms with E-state index >= 15 is 0 Å². The standard InChI is InChI=1S/C22H20Cl2N2O3S/c1-15-10-12-17(13-11-15)30(28,29)26(20-9-4-3-6-16(20)2)14-21(27)25-19-8-5-7-18(23)22(19)24/h3-13H,14H2,1-2H3,(H,25,27). The molecular weight excluding hydrogens is 443 g/mol. The van der Waals surface area contributed by atoms with E-state index in [1.807, 2.05) is 6.92 Å². The van der Waals surface area contributed by atoms with Gasteiger partial charge >= 0.3 is 0 Å². The molecule has 1 amide bonds. The number of nitrogens with zero attached hydrogens (tertiary/aromatic N) is 1. The van der Waals surface area contributed by atoms with Crippen LogP contribution in [0.25, 0.3) is 0 Å². The Hall–Kier alpha value is -2.54. The first kappa shape index (κ1) is 22.2. The van der Waals surface area contributed by atoms with Gasteiger partial charge in [-0.15, -0.1) is 0 Å². The first-order valence-corrected chi connectivity index (χ1v) is 11.3. The normalized spacial score (nSPS) is 11.2. The summed E-state index contributed by atoms with van der Waals surface area (Å²) in [6.07, 6.45) is 0. The third-order valence-electron chi connectivity index (χ3n) is 4.51. The van der Waals surface area contributed by atoms with Gasteiger partial charge in [0, 0.05) is 0 Å². The number of sulfonamides is 1. The first-order valence-electron chi connectivity index (χ1n) is 9.09. The molecule has 0 aliphatic heterocycles. The molecule has 30 heavy (non-hydrogen) atoms. The zero-order valence-corrected chi connectivity index (χ0v) is 18.7. The average molecular weight is 463 g/mol. The Morgan fingerprint density at radius 2 is 1.60 bits per heavy atom. The summed E-state index contributed by atoms with van der Waals surface area (Å²) in [5, 5.41) is 3.12. The van der Waals surface area contributed by atoms with E-state index in [0.717, 1.165) is 15.4 Å². The van der Waals surface area contributed by atoms with Crippen LogP contribution in [-0.2, 0) is 14.8 Å². The lowest BCUT2D eigenvalue weighted by Gasteiger charge is -2.25. The molecule has 0 aliphatic carbocycles. The van der Waals surface area contributed by atoms with Crippen LogP contribution in [0.5, 0.6) is 0 Å². The molecule has 3 rings (SSSR count). The number of anilines is 2. The van der Waals surface area contributed by atoms with Crippen LogP contribution in [0.15, 0.2) is 71.6 Å². The van der Waals surface area contributed by atoms with E-state index in [1.165, 1.54) is 12.1 Å². The van der Waals surface area contributed by atoms with Gasteiger partial charge in [-0.25, -0.2) is 8.42 Å². The van der Waals surface area contributed by atoms with E-state index in [1.54, 1.807) is 61.5 Å². The molecule has 0 atom stereocenters. The smallest absolute Gasteiger partial charge is 0.264 e. The number of amides is 1. The summed E-state index contributed by atoms with van der Waals surface area (Å²) in [5.74, 6) is -0.543. The summed E-state index contributed by atoms with van der Waals surface area (Å²) in [4.78, 5) is 12.9. The second kappa shape index (κ2) is 9.08. The van der Waals surface area contributed by atoms with Crippen molar-refractivity contribution in [2.24, 2.45) is 0 Å². The van der Waals surface area contributed by atoms with Gasteiger partial charge in [0.2, 0.25) is 5.91 Å². The van der Waals surface area contributed by atoms with E-state index < -0.39 is 22.5 Å². The molecule has 3 aromatic carbocycles. The quantitative estimate of drug-likeness (QED) is 0.529. The molecule has 156 valence electrons. The number of hydrogen-bond donors (Lipinski definition) is 1. The SMILES string of the molecule is Cc1ccc(S(=O)(=O)N(CC(=O)Nc2cccc(Cl)c2Cl)c2ccccc2C)cc1. The van der Waals surface area contributed by atoms with Crippen molar-refractivity contribution in [1.29, 1.82) is 0 Å². The Kier molecular flexibility index (Phi) is 6.71. The molecule has 0 heterocycles. The second-order valence-electron chi connectivity index (χ2n) is 6.76. The highest BCUT2D eigenvalue weighted by Crippen LogP contribution is 2.30. The van der Waals surface area contributed by atoms with E-state index in [-0.39, 0.29) is 14.9 Å². The number of hydrogen-bond acceptors (Lipinski definition) is 3. The van der Waals surface area contributed by atoms with Gasteiger partial charge in [-0.2, -0.15) is 0 Å². The van der Waals surface area contributed by atoms with Crippen molar-refractivity contribution in [2.75, 3.05) is 16.2 Å². The Balaban J connectivity index is 1.98. The van der Waals surface area contributed by atoms with E-state index in [2.05, 4.69) is 5.32 Å². The molecule has 0 fully saturated rings. The molecule has 0 radical (unpaired) electrons. The van der Waals surface area contributed by atoms with Gasteiger partial charge in [0.25, 0.3) is 10.0 Å². The van der Waals surface area contributed by atoms with Crippen LogP contribution in [-0.4, -0.2) is 20.9 Å². The molecule has 0 saturated carbocycles. The Morgan fingerprint density at radius 3 is 2.27 bits per heavy atom. The van der Waals surface area contributed by atoms with E-state index in [0.29, 0.717) is 11.4 Å². The zero-order valence-electron chi connectivity index (χ0n) is 16.4. The van der Waals surface area contributed by atoms with Crippen molar-refractivity contribution in [2.45, 2.75) is 18.7 Å². The summed E-state index contributed by atoms with van der Waals surface area (Å²) in [7, 11) is -3.99. The molecule has 3 aromatic rings. The fraction of sp³-hybridized carbons (Fsp3) is 0.136. The van der Waals surface area contributed by atoms with Crippen molar-refractivity contribution in [3.63, 3.8) is 0 Å². The number of halogens is 2. The van der Waals surface area contributed by atoms with E-state index in [9.17, 15) is 13.2 Å². The Morgan fingerprint density at radius 1 is 0.933 bits per heavy atom. The number of para-hydroxylation sites is 1. The minimum Gasteiger partial charge on any atom is -0.323 e. The van der Waals surface area contributed by atoms with Crippen LogP contribution in [0.1, 0.15) is 11.1 Å². The van der Waals surface area contributed by atoms with Gasteiger partial charge < -0.3 is 5.32 Å². The predicted molar refractivity (Wildman–Crippen MR) is 122 cm³/mol. The number of aryl methyl sites for hydroxylation is 2. The van der Waals surface area contributed by atoms with Crippen LogP contribution in [0, 0.1) is 13.8 Å². The summed E-state index contributed by atoms with van der Waals surface area (Å²) in [6.45, 7) is 3.24. The molecule has 0 bridgehead atoms. The Bertz CT molecular complexity index is 1180. The fourth-order valence-corrected chi connectivity index (χ4v) is 4.73. The maximum Gasteiger partial charge on any atom is 0.264 e. The maximum atomic E-state index is 13.4. The summed E-state index contributed by atoms with van der Waals surface area (Å²) >= 11 is 12.1. The molecular formula is C22H20Cl2N2O3S. The van der Waals surface area contributed by atoms with Crippen LogP contribution >= 0.6 is 23.2 Å². The van der Waals surface area contributed by atoms with Crippen LogP contribution in [0.3, 0.4) is 0 Å². The number of nitrogens with one attached hydrogen (secondary N) is 1. The average Bonchev–Trinajstić information content (AvgIpc) is 2.70. The lowest BCUT2D eigenvalue weighted by molar-refractivity contribution is -0.114. The highest BCUT2D eigenvalue weighted by atomic mass is 35.5. The Labute approximate surface area is 186 Å². The van der Waals surface area contributed by atoms with Gasteiger partial charge in [0.1, 0.15) is 6.54 Å². The number of carbonyl (C=O) groups is 1. The second-order valence-corrected chi connectivity index (χ2v) is 9.41. The first-order chi connectivity index (χ1) is 14.2. The maximum absolute atomic E-state index is 13.4. The van der Waals surface area contributed by atoms with Crippen LogP contribution in [0.2, 0.25) is 10.0 Å². The minimum atomic E-state index is -3.99. The topological polar surface area (TPSA) is 66.5 Å². The van der Waals surface area contributed by atoms with Gasteiger partial charge in [0.05, 0.1) is 26.3 Å². The van der Waals surface area contributed by atoms with Crippen molar-refractivity contribution < 1.29 is 13.2 Å². The predicted octanol–water partition coefficient (Wildman–Crippen LogP) is 5.44. The fourth-order valence-electron chi connectivity index (χ4n) is 2.90. The number of carbonyl (C=O) groups excluding carboxylic acids is 1. The lowest BCUT2D eigenvalue weighted by Crippen LogP contribution is -2.38. The molecule has 0 saturated heterocycles. The van der Waals surface area contributed by atoms with Crippen molar-refractivity contribution in [3.05, 3.63) is 87.9 Å². The van der Waals surface area contributed by atoms with Crippen LogP contribution in [0.4, 0.5) is 11.4 Å². The molecule has 0 unspecified atom stereocenters. The van der Waals surface area contributed by atoms with Gasteiger partial charge in [-0.3, -0.25) is 9.10 Å². The minimum absolute atomic E-state index is 0.102. The molecule has 0 aromatic heterocycles. The van der Waals surface area contributed by atoms with E-state index in [4.69, 9.17) is 23.2 Å². The summed E-state index contributed by atoms with van der Waals surface area (Å²) in [6, 6.07) is 18.3. The lowest BCUT2D eigenvalue weighted by atomic mass is 10.2. The third kappa shape index (κ3) is 4.78.